The third-order valence-electron chi connectivity index (χ3n) is 3.44. The number of sulfonamides is 1. The highest BCUT2D eigenvalue weighted by molar-refractivity contribution is 7.89. The predicted octanol–water partition coefficient (Wildman–Crippen LogP) is 2.43. The molecule has 1 aliphatic rings. The summed E-state index contributed by atoms with van der Waals surface area (Å²) < 4.78 is 72.8. The fourth-order valence-electron chi connectivity index (χ4n) is 2.29. The van der Waals surface area contributed by atoms with E-state index in [1.165, 1.54) is 18.3 Å². The largest absolute Gasteiger partial charge is 0.573 e. The van der Waals surface area contributed by atoms with Crippen molar-refractivity contribution in [1.82, 2.24) is 9.29 Å². The molecular weight excluding hydrogens is 361 g/mol. The average Bonchev–Trinajstić information content (AvgIpc) is 2.50. The smallest absolute Gasteiger partial charge is 0.486 e. The van der Waals surface area contributed by atoms with E-state index in [0.29, 0.717) is 5.75 Å². The van der Waals surface area contributed by atoms with Gasteiger partial charge in [0.1, 0.15) is 22.5 Å². The van der Waals surface area contributed by atoms with Crippen molar-refractivity contribution in [1.29, 1.82) is 0 Å². The minimum Gasteiger partial charge on any atom is -0.486 e. The molecule has 25 heavy (non-hydrogen) atoms. The molecular formula is C15H13F3N2O4S. The number of hydrogen-bond acceptors (Lipinski definition) is 5. The minimum absolute atomic E-state index is 0.0254. The zero-order valence-electron chi connectivity index (χ0n) is 12.7. The van der Waals surface area contributed by atoms with Crippen LogP contribution in [-0.4, -0.2) is 43.3 Å². The summed E-state index contributed by atoms with van der Waals surface area (Å²) in [6.07, 6.45) is -2.31. The highest BCUT2D eigenvalue weighted by atomic mass is 32.2. The van der Waals surface area contributed by atoms with E-state index in [1.807, 2.05) is 0 Å². The van der Waals surface area contributed by atoms with Crippen molar-refractivity contribution < 1.29 is 31.1 Å². The second-order valence-electron chi connectivity index (χ2n) is 5.25. The van der Waals surface area contributed by atoms with Gasteiger partial charge in [-0.2, -0.15) is 4.31 Å². The molecule has 0 amide bonds. The van der Waals surface area contributed by atoms with E-state index in [-0.39, 0.29) is 13.1 Å². The van der Waals surface area contributed by atoms with Crippen LogP contribution in [0.2, 0.25) is 0 Å². The topological polar surface area (TPSA) is 68.7 Å². The highest BCUT2D eigenvalue weighted by Gasteiger charge is 2.41. The lowest BCUT2D eigenvalue weighted by atomic mass is 10.2. The first kappa shape index (κ1) is 17.5. The quantitative estimate of drug-likeness (QED) is 0.804. The molecule has 1 aliphatic heterocycles. The van der Waals surface area contributed by atoms with E-state index < -0.39 is 33.1 Å². The van der Waals surface area contributed by atoms with Crippen LogP contribution >= 0.6 is 0 Å². The lowest BCUT2D eigenvalue weighted by molar-refractivity contribution is -0.275. The molecule has 10 heteroatoms. The van der Waals surface area contributed by atoms with E-state index in [0.717, 1.165) is 16.4 Å². The van der Waals surface area contributed by atoms with Crippen molar-refractivity contribution in [2.75, 3.05) is 13.1 Å². The van der Waals surface area contributed by atoms with Crippen molar-refractivity contribution >= 4 is 10.0 Å². The van der Waals surface area contributed by atoms with Gasteiger partial charge in [-0.15, -0.1) is 13.2 Å². The van der Waals surface area contributed by atoms with Gasteiger partial charge in [0.15, 0.2) is 0 Å². The molecule has 6 nitrogen and oxygen atoms in total. The number of pyridine rings is 1. The molecule has 0 bridgehead atoms. The second kappa shape index (κ2) is 6.52. The van der Waals surface area contributed by atoms with Crippen LogP contribution in [0.5, 0.6) is 11.5 Å². The Bertz CT molecular complexity index is 837. The van der Waals surface area contributed by atoms with Crippen LogP contribution in [0.1, 0.15) is 0 Å². The lowest BCUT2D eigenvalue weighted by Gasteiger charge is -2.37. The first-order valence-electron chi connectivity index (χ1n) is 7.17. The number of halogens is 3. The van der Waals surface area contributed by atoms with Crippen LogP contribution in [0.3, 0.4) is 0 Å². The summed E-state index contributed by atoms with van der Waals surface area (Å²) in [5, 5.41) is 0. The van der Waals surface area contributed by atoms with Crippen LogP contribution in [0, 0.1) is 0 Å². The molecule has 0 unspecified atom stereocenters. The van der Waals surface area contributed by atoms with Gasteiger partial charge in [0.05, 0.1) is 19.3 Å². The molecule has 1 aromatic heterocycles. The molecule has 1 fully saturated rings. The molecule has 3 rings (SSSR count). The summed E-state index contributed by atoms with van der Waals surface area (Å²) in [5.41, 5.74) is 0. The number of rotatable bonds is 5. The van der Waals surface area contributed by atoms with Crippen molar-refractivity contribution in [3.8, 4) is 11.5 Å². The first-order chi connectivity index (χ1) is 11.8. The number of aromatic nitrogens is 1. The maximum absolute atomic E-state index is 12.5. The van der Waals surface area contributed by atoms with Crippen molar-refractivity contribution in [3.63, 3.8) is 0 Å². The average molecular weight is 374 g/mol. The van der Waals surface area contributed by atoms with Crippen molar-refractivity contribution in [2.45, 2.75) is 17.4 Å². The van der Waals surface area contributed by atoms with Gasteiger partial charge < -0.3 is 9.47 Å². The second-order valence-corrected chi connectivity index (χ2v) is 7.15. The fraction of sp³-hybridized carbons (Fsp3) is 0.267. The number of para-hydroxylation sites is 1. The third-order valence-corrected chi connectivity index (χ3v) is 5.32. The predicted molar refractivity (Wildman–Crippen MR) is 80.5 cm³/mol. The fourth-order valence-corrected chi connectivity index (χ4v) is 3.91. The highest BCUT2D eigenvalue weighted by Crippen LogP contribution is 2.33. The van der Waals surface area contributed by atoms with E-state index in [1.54, 1.807) is 18.3 Å². The Hall–Kier alpha value is -2.33. The third kappa shape index (κ3) is 4.02. The summed E-state index contributed by atoms with van der Waals surface area (Å²) in [7, 11) is -4.12. The zero-order chi connectivity index (χ0) is 18.1. The van der Waals surface area contributed by atoms with E-state index in [4.69, 9.17) is 4.74 Å². The van der Waals surface area contributed by atoms with Gasteiger partial charge in [0, 0.05) is 6.20 Å². The summed E-state index contributed by atoms with van der Waals surface area (Å²) in [5.74, 6) is -0.267. The molecule has 0 atom stereocenters. The molecule has 2 aromatic rings. The molecule has 1 saturated heterocycles. The Balaban J connectivity index is 1.72. The number of alkyl halides is 3. The first-order valence-corrected chi connectivity index (χ1v) is 8.61. The Morgan fingerprint density at radius 3 is 2.48 bits per heavy atom. The lowest BCUT2D eigenvalue weighted by Crippen LogP contribution is -2.56. The van der Waals surface area contributed by atoms with Gasteiger partial charge in [0.25, 0.3) is 0 Å². The SMILES string of the molecule is O=S(=O)(c1ccccc1OC(F)(F)F)N1CC(Oc2cccnc2)C1. The van der Waals surface area contributed by atoms with E-state index in [2.05, 4.69) is 9.72 Å². The Kier molecular flexibility index (Phi) is 4.56. The van der Waals surface area contributed by atoms with E-state index >= 15 is 0 Å². The van der Waals surface area contributed by atoms with Gasteiger partial charge in [-0.3, -0.25) is 4.98 Å². The molecule has 134 valence electrons. The standard InChI is InChI=1S/C15H13F3N2O4S/c16-15(17,18)24-13-5-1-2-6-14(13)25(21,22)20-9-12(10-20)23-11-4-3-7-19-8-11/h1-8,12H,9-10H2. The van der Waals surface area contributed by atoms with Crippen LogP contribution in [0.4, 0.5) is 13.2 Å². The maximum atomic E-state index is 12.5. The normalized spacial score (nSPS) is 16.3. The molecule has 1 aromatic carbocycles. The van der Waals surface area contributed by atoms with Crippen LogP contribution in [-0.2, 0) is 10.0 Å². The Morgan fingerprint density at radius 2 is 1.84 bits per heavy atom. The van der Waals surface area contributed by atoms with Crippen molar-refractivity contribution in [2.24, 2.45) is 0 Å². The number of nitrogens with zero attached hydrogens (tertiary/aromatic N) is 2. The van der Waals surface area contributed by atoms with Gasteiger partial charge in [-0.05, 0) is 24.3 Å². The molecule has 2 heterocycles. The number of ether oxygens (including phenoxy) is 2. The van der Waals surface area contributed by atoms with Gasteiger partial charge >= 0.3 is 6.36 Å². The summed E-state index contributed by atoms with van der Waals surface area (Å²) in [4.78, 5) is 3.34. The van der Waals surface area contributed by atoms with Crippen LogP contribution in [0.25, 0.3) is 0 Å². The Morgan fingerprint density at radius 1 is 1.12 bits per heavy atom. The summed E-state index contributed by atoms with van der Waals surface area (Å²) in [6, 6.07) is 7.99. The number of benzene rings is 1. The Labute approximate surface area is 141 Å². The molecule has 0 radical (unpaired) electrons. The summed E-state index contributed by atoms with van der Waals surface area (Å²) in [6.45, 7) is 0.0508. The monoisotopic (exact) mass is 374 g/mol. The van der Waals surface area contributed by atoms with E-state index in [9.17, 15) is 21.6 Å². The van der Waals surface area contributed by atoms with Crippen molar-refractivity contribution in [3.05, 3.63) is 48.8 Å². The van der Waals surface area contributed by atoms with Crippen LogP contribution < -0.4 is 9.47 Å². The van der Waals surface area contributed by atoms with Crippen LogP contribution in [0.15, 0.2) is 53.7 Å². The molecule has 0 spiro atoms. The summed E-state index contributed by atoms with van der Waals surface area (Å²) >= 11 is 0. The minimum atomic E-state index is -4.98. The van der Waals surface area contributed by atoms with Gasteiger partial charge in [0.2, 0.25) is 10.0 Å². The molecule has 0 saturated carbocycles. The zero-order valence-corrected chi connectivity index (χ0v) is 13.5. The van der Waals surface area contributed by atoms with Gasteiger partial charge in [-0.1, -0.05) is 12.1 Å². The number of hydrogen-bond donors (Lipinski definition) is 0. The van der Waals surface area contributed by atoms with Gasteiger partial charge in [-0.25, -0.2) is 8.42 Å². The maximum Gasteiger partial charge on any atom is 0.573 e. The molecule has 0 N–H and O–H groups in total. The molecule has 0 aliphatic carbocycles.